The third kappa shape index (κ3) is 2.50. The van der Waals surface area contributed by atoms with E-state index >= 15 is 0 Å². The minimum atomic E-state index is -4.40. The van der Waals surface area contributed by atoms with Gasteiger partial charge in [0.25, 0.3) is 0 Å². The lowest BCUT2D eigenvalue weighted by Crippen LogP contribution is -2.05. The first-order chi connectivity index (χ1) is 8.00. The lowest BCUT2D eigenvalue weighted by atomic mass is 10.2. The van der Waals surface area contributed by atoms with Crippen LogP contribution in [0.25, 0.3) is 10.7 Å². The fourth-order valence-electron chi connectivity index (χ4n) is 1.15. The second kappa shape index (κ2) is 4.25. The summed E-state index contributed by atoms with van der Waals surface area (Å²) in [7, 11) is 0. The molecule has 0 aliphatic heterocycles. The topological polar surface area (TPSA) is 42.9 Å². The first-order valence-corrected chi connectivity index (χ1v) is 5.27. The van der Waals surface area contributed by atoms with Crippen molar-refractivity contribution in [1.29, 1.82) is 0 Å². The van der Waals surface area contributed by atoms with Gasteiger partial charge in [0.05, 0.1) is 16.1 Å². The van der Waals surface area contributed by atoms with Gasteiger partial charge in [-0.1, -0.05) is 0 Å². The van der Waals surface area contributed by atoms with Crippen molar-refractivity contribution in [2.75, 3.05) is 0 Å². The van der Waals surface area contributed by atoms with E-state index in [0.29, 0.717) is 21.9 Å². The lowest BCUT2D eigenvalue weighted by Gasteiger charge is -2.05. The summed E-state index contributed by atoms with van der Waals surface area (Å²) in [5, 5.41) is 0.417. The van der Waals surface area contributed by atoms with Gasteiger partial charge in [0, 0.05) is 12.4 Å². The number of halogens is 3. The van der Waals surface area contributed by atoms with E-state index in [9.17, 15) is 18.0 Å². The summed E-state index contributed by atoms with van der Waals surface area (Å²) in [5.41, 5.74) is -0.496. The van der Waals surface area contributed by atoms with E-state index < -0.39 is 11.7 Å². The molecule has 2 aromatic heterocycles. The number of pyridine rings is 1. The second-order valence-electron chi connectivity index (χ2n) is 3.12. The van der Waals surface area contributed by atoms with Gasteiger partial charge in [0.1, 0.15) is 5.01 Å². The molecule has 2 rings (SSSR count). The zero-order valence-electron chi connectivity index (χ0n) is 8.23. The van der Waals surface area contributed by atoms with Crippen LogP contribution >= 0.6 is 11.3 Å². The van der Waals surface area contributed by atoms with Crippen LogP contribution in [0.5, 0.6) is 0 Å². The van der Waals surface area contributed by atoms with Gasteiger partial charge in [-0.25, -0.2) is 4.98 Å². The molecule has 0 unspecified atom stereocenters. The Balaban J connectivity index is 2.32. The highest BCUT2D eigenvalue weighted by Gasteiger charge is 2.30. The zero-order chi connectivity index (χ0) is 12.5. The normalized spacial score (nSPS) is 11.5. The fourth-order valence-corrected chi connectivity index (χ4v) is 1.86. The number of hydrogen-bond donors (Lipinski definition) is 0. The number of alkyl halides is 3. The van der Waals surface area contributed by atoms with E-state index in [1.165, 1.54) is 12.3 Å². The SMILES string of the molecule is O=Cc1cnc(-c2ccc(C(F)(F)F)cn2)s1. The summed E-state index contributed by atoms with van der Waals surface area (Å²) in [4.78, 5) is 18.4. The maximum Gasteiger partial charge on any atom is 0.417 e. The van der Waals surface area contributed by atoms with Crippen LogP contribution in [-0.4, -0.2) is 16.3 Å². The number of aromatic nitrogens is 2. The summed E-state index contributed by atoms with van der Waals surface area (Å²) in [5.74, 6) is 0. The van der Waals surface area contributed by atoms with Gasteiger partial charge in [-0.3, -0.25) is 9.78 Å². The average Bonchev–Trinajstić information content (AvgIpc) is 2.76. The molecule has 0 spiro atoms. The van der Waals surface area contributed by atoms with Crippen LogP contribution < -0.4 is 0 Å². The van der Waals surface area contributed by atoms with Crippen LogP contribution in [0, 0.1) is 0 Å². The maximum absolute atomic E-state index is 12.3. The molecule has 0 atom stereocenters. The maximum atomic E-state index is 12.3. The third-order valence-corrected chi connectivity index (χ3v) is 2.89. The molecule has 0 N–H and O–H groups in total. The molecule has 0 saturated carbocycles. The minimum Gasteiger partial charge on any atom is -0.297 e. The molecule has 3 nitrogen and oxygen atoms in total. The summed E-state index contributed by atoms with van der Waals surface area (Å²) < 4.78 is 36.8. The standard InChI is InChI=1S/C10H5F3N2OS/c11-10(12,13)6-1-2-8(14-3-6)9-15-4-7(5-16)17-9/h1-5H. The van der Waals surface area contributed by atoms with Crippen molar-refractivity contribution < 1.29 is 18.0 Å². The monoisotopic (exact) mass is 258 g/mol. The average molecular weight is 258 g/mol. The Labute approximate surface area is 98.0 Å². The van der Waals surface area contributed by atoms with Crippen molar-refractivity contribution in [2.45, 2.75) is 6.18 Å². The van der Waals surface area contributed by atoms with Crippen molar-refractivity contribution in [2.24, 2.45) is 0 Å². The predicted octanol–water partition coefficient (Wildman–Crippen LogP) is 3.04. The van der Waals surface area contributed by atoms with Gasteiger partial charge < -0.3 is 0 Å². The number of rotatable bonds is 2. The van der Waals surface area contributed by atoms with Crippen LogP contribution in [0.4, 0.5) is 13.2 Å². The molecule has 0 amide bonds. The van der Waals surface area contributed by atoms with Gasteiger partial charge >= 0.3 is 6.18 Å². The molecule has 0 aliphatic carbocycles. The molecule has 0 aliphatic rings. The van der Waals surface area contributed by atoms with E-state index in [1.54, 1.807) is 0 Å². The van der Waals surface area contributed by atoms with Crippen LogP contribution in [0.3, 0.4) is 0 Å². The van der Waals surface area contributed by atoms with Crippen LogP contribution in [0.1, 0.15) is 15.2 Å². The Morgan fingerprint density at radius 3 is 2.41 bits per heavy atom. The summed E-state index contributed by atoms with van der Waals surface area (Å²) >= 11 is 1.08. The van der Waals surface area contributed by atoms with Crippen LogP contribution in [0.15, 0.2) is 24.5 Å². The molecule has 2 heterocycles. The third-order valence-electron chi connectivity index (χ3n) is 1.95. The predicted molar refractivity (Wildman–Crippen MR) is 55.7 cm³/mol. The molecular formula is C10H5F3N2OS. The number of aldehydes is 1. The molecule has 0 radical (unpaired) electrons. The highest BCUT2D eigenvalue weighted by Crippen LogP contribution is 2.30. The summed E-state index contributed by atoms with van der Waals surface area (Å²) in [6.07, 6.45) is -1.67. The molecule has 0 bridgehead atoms. The van der Waals surface area contributed by atoms with Crippen molar-refractivity contribution in [3.05, 3.63) is 35.0 Å². The second-order valence-corrected chi connectivity index (χ2v) is 4.18. The number of thiazole rings is 1. The number of carbonyl (C=O) groups is 1. The zero-order valence-corrected chi connectivity index (χ0v) is 9.05. The molecule has 0 saturated heterocycles. The van der Waals surface area contributed by atoms with Gasteiger partial charge in [0.2, 0.25) is 0 Å². The van der Waals surface area contributed by atoms with E-state index in [1.807, 2.05) is 0 Å². The lowest BCUT2D eigenvalue weighted by molar-refractivity contribution is -0.137. The van der Waals surface area contributed by atoms with E-state index in [-0.39, 0.29) is 0 Å². The number of carbonyl (C=O) groups excluding carboxylic acids is 1. The molecule has 88 valence electrons. The van der Waals surface area contributed by atoms with Crippen molar-refractivity contribution >= 4 is 17.6 Å². The number of hydrogen-bond acceptors (Lipinski definition) is 4. The van der Waals surface area contributed by atoms with Crippen LogP contribution in [0.2, 0.25) is 0 Å². The van der Waals surface area contributed by atoms with E-state index in [0.717, 1.165) is 23.6 Å². The Morgan fingerprint density at radius 2 is 1.94 bits per heavy atom. The van der Waals surface area contributed by atoms with Gasteiger partial charge in [0.15, 0.2) is 6.29 Å². The van der Waals surface area contributed by atoms with Crippen LogP contribution in [-0.2, 0) is 6.18 Å². The molecule has 0 aromatic carbocycles. The molecule has 17 heavy (non-hydrogen) atoms. The Morgan fingerprint density at radius 1 is 1.18 bits per heavy atom. The largest absolute Gasteiger partial charge is 0.417 e. The summed E-state index contributed by atoms with van der Waals surface area (Å²) in [6.45, 7) is 0. The number of nitrogens with zero attached hydrogens (tertiary/aromatic N) is 2. The van der Waals surface area contributed by atoms with Crippen molar-refractivity contribution in [3.63, 3.8) is 0 Å². The van der Waals surface area contributed by atoms with Crippen molar-refractivity contribution in [1.82, 2.24) is 9.97 Å². The van der Waals surface area contributed by atoms with Crippen molar-refractivity contribution in [3.8, 4) is 10.7 Å². The Kier molecular flexibility index (Phi) is 2.93. The van der Waals surface area contributed by atoms with Gasteiger partial charge in [-0.05, 0) is 12.1 Å². The molecule has 2 aromatic rings. The van der Waals surface area contributed by atoms with Gasteiger partial charge in [-0.15, -0.1) is 11.3 Å². The van der Waals surface area contributed by atoms with E-state index in [4.69, 9.17) is 0 Å². The highest BCUT2D eigenvalue weighted by atomic mass is 32.1. The highest BCUT2D eigenvalue weighted by molar-refractivity contribution is 7.16. The molecular weight excluding hydrogens is 253 g/mol. The Hall–Kier alpha value is -1.76. The Bertz CT molecular complexity index is 533. The van der Waals surface area contributed by atoms with Gasteiger partial charge in [-0.2, -0.15) is 13.2 Å². The fraction of sp³-hybridized carbons (Fsp3) is 0.100. The molecule has 7 heteroatoms. The first kappa shape index (κ1) is 11.7. The minimum absolute atomic E-state index is 0.316. The molecule has 0 fully saturated rings. The first-order valence-electron chi connectivity index (χ1n) is 4.45. The smallest absolute Gasteiger partial charge is 0.297 e. The summed E-state index contributed by atoms with van der Waals surface area (Å²) in [6, 6.07) is 2.17. The quantitative estimate of drug-likeness (QED) is 0.777. The van der Waals surface area contributed by atoms with E-state index in [2.05, 4.69) is 9.97 Å².